The van der Waals surface area contributed by atoms with E-state index in [1.165, 1.54) is 31.3 Å². The summed E-state index contributed by atoms with van der Waals surface area (Å²) < 4.78 is 0. The fourth-order valence-corrected chi connectivity index (χ4v) is 7.89. The van der Waals surface area contributed by atoms with Crippen molar-refractivity contribution in [2.75, 3.05) is 0 Å². The zero-order valence-corrected chi connectivity index (χ0v) is 16.7. The van der Waals surface area contributed by atoms with Gasteiger partial charge in [0.05, 0.1) is 0 Å². The molecule has 0 unspecified atom stereocenters. The lowest BCUT2D eigenvalue weighted by Crippen LogP contribution is -2.53. The Bertz CT molecular complexity index is 661. The number of carbonyl (C=O) groups excluding carboxylic acids is 2. The Hall–Kier alpha value is -0.920. The maximum Gasteiger partial charge on any atom is 0.155 e. The highest BCUT2D eigenvalue weighted by Gasteiger charge is 2.66. The first kappa shape index (κ1) is 17.5. The van der Waals surface area contributed by atoms with Gasteiger partial charge in [-0.3, -0.25) is 9.59 Å². The molecule has 0 heterocycles. The summed E-state index contributed by atoms with van der Waals surface area (Å²) in [6, 6.07) is 0. The maximum absolute atomic E-state index is 12.7. The molecule has 0 bridgehead atoms. The number of hydrogen-bond donors (Lipinski definition) is 0. The highest BCUT2D eigenvalue weighted by atomic mass is 16.1. The lowest BCUT2D eigenvalue weighted by molar-refractivity contribution is -0.141. The second kappa shape index (κ2) is 5.30. The Balaban J connectivity index is 1.72. The van der Waals surface area contributed by atoms with Crippen LogP contribution in [0.5, 0.6) is 0 Å². The molecule has 0 radical (unpaired) electrons. The van der Waals surface area contributed by atoms with Crippen molar-refractivity contribution in [2.24, 2.45) is 39.9 Å². The second-order valence-corrected chi connectivity index (χ2v) is 10.3. The third-order valence-electron chi connectivity index (χ3n) is 9.86. The third-order valence-corrected chi connectivity index (χ3v) is 9.86. The molecule has 4 aliphatic carbocycles. The van der Waals surface area contributed by atoms with E-state index in [0.717, 1.165) is 25.2 Å². The predicted octanol–water partition coefficient (Wildman–Crippen LogP) is 5.36. The van der Waals surface area contributed by atoms with Crippen molar-refractivity contribution < 1.29 is 9.59 Å². The van der Waals surface area contributed by atoms with Crippen molar-refractivity contribution in [2.45, 2.75) is 79.6 Å². The summed E-state index contributed by atoms with van der Waals surface area (Å²) in [5, 5.41) is 0. The molecule has 0 aromatic rings. The molecular formula is C23H34O2. The van der Waals surface area contributed by atoms with Crippen LogP contribution in [0, 0.1) is 39.9 Å². The van der Waals surface area contributed by atoms with Gasteiger partial charge in [0.2, 0.25) is 0 Å². The molecule has 0 saturated heterocycles. The van der Waals surface area contributed by atoms with Crippen LogP contribution in [0.2, 0.25) is 0 Å². The van der Waals surface area contributed by atoms with Gasteiger partial charge in [-0.15, -0.1) is 0 Å². The van der Waals surface area contributed by atoms with Crippen LogP contribution in [-0.2, 0) is 9.59 Å². The number of carbonyl (C=O) groups is 2. The molecule has 138 valence electrons. The number of Topliss-reactive ketones (excluding diaryl/α,β-unsaturated/α-hetero) is 1. The standard InChI is InChI=1S/C23H34O2/c1-14-12-20-18-7-6-16-13-17(25)8-10-21(16,3)19(18)9-11-22(20,4)23(14,5)15(2)24/h13-14,18-20H,6-12H2,1-5H3/t14-,18-,19+,20+,21-,22-,23-/m0/s1. The van der Waals surface area contributed by atoms with Crippen molar-refractivity contribution in [1.29, 1.82) is 0 Å². The normalized spacial score (nSPS) is 52.0. The lowest BCUT2D eigenvalue weighted by Gasteiger charge is -2.59. The lowest BCUT2D eigenvalue weighted by atomic mass is 9.45. The van der Waals surface area contributed by atoms with E-state index < -0.39 is 0 Å². The Morgan fingerprint density at radius 3 is 2.48 bits per heavy atom. The molecule has 0 aromatic heterocycles. The monoisotopic (exact) mass is 342 g/mol. The van der Waals surface area contributed by atoms with Crippen molar-refractivity contribution in [1.82, 2.24) is 0 Å². The van der Waals surface area contributed by atoms with Crippen LogP contribution in [-0.4, -0.2) is 11.6 Å². The Kier molecular flexibility index (Phi) is 3.71. The zero-order valence-electron chi connectivity index (χ0n) is 16.7. The molecule has 0 aromatic carbocycles. The summed E-state index contributed by atoms with van der Waals surface area (Å²) in [5.74, 6) is 3.33. The molecule has 2 nitrogen and oxygen atoms in total. The minimum absolute atomic E-state index is 0.154. The first-order valence-corrected chi connectivity index (χ1v) is 10.4. The van der Waals surface area contributed by atoms with Crippen LogP contribution in [0.15, 0.2) is 11.6 Å². The van der Waals surface area contributed by atoms with E-state index in [2.05, 4.69) is 27.7 Å². The van der Waals surface area contributed by atoms with Crippen LogP contribution >= 0.6 is 0 Å². The number of fused-ring (bicyclic) bond motifs is 5. The van der Waals surface area contributed by atoms with Crippen molar-refractivity contribution in [3.8, 4) is 0 Å². The largest absolute Gasteiger partial charge is 0.299 e. The Labute approximate surface area is 152 Å². The van der Waals surface area contributed by atoms with E-state index in [0.29, 0.717) is 29.3 Å². The summed E-state index contributed by atoms with van der Waals surface area (Å²) in [6.45, 7) is 11.3. The van der Waals surface area contributed by atoms with E-state index in [1.54, 1.807) is 0 Å². The molecule has 7 atom stereocenters. The Morgan fingerprint density at radius 1 is 1.08 bits per heavy atom. The number of ketones is 2. The van der Waals surface area contributed by atoms with Crippen LogP contribution in [0.4, 0.5) is 0 Å². The molecular weight excluding hydrogens is 308 g/mol. The van der Waals surface area contributed by atoms with E-state index in [1.807, 2.05) is 13.0 Å². The first-order valence-electron chi connectivity index (χ1n) is 10.4. The summed E-state index contributed by atoms with van der Waals surface area (Å²) in [6.07, 6.45) is 9.70. The number of allylic oxidation sites excluding steroid dienone is 1. The minimum Gasteiger partial charge on any atom is -0.299 e. The molecule has 3 saturated carbocycles. The van der Waals surface area contributed by atoms with E-state index in [-0.39, 0.29) is 16.2 Å². The molecule has 4 rings (SSSR count). The van der Waals surface area contributed by atoms with Gasteiger partial charge in [-0.05, 0) is 86.0 Å². The van der Waals surface area contributed by atoms with Gasteiger partial charge in [0, 0.05) is 11.8 Å². The minimum atomic E-state index is -0.164. The maximum atomic E-state index is 12.7. The van der Waals surface area contributed by atoms with Gasteiger partial charge < -0.3 is 0 Å². The van der Waals surface area contributed by atoms with Gasteiger partial charge >= 0.3 is 0 Å². The SMILES string of the molecule is CC(=O)[C@]1(C)[C@@H](C)C[C@@H]2[C@H]3CCC4=CC(=O)CC[C@]4(C)[C@@H]3CC[C@@]21C. The van der Waals surface area contributed by atoms with E-state index >= 15 is 0 Å². The van der Waals surface area contributed by atoms with Gasteiger partial charge in [0.15, 0.2) is 5.78 Å². The van der Waals surface area contributed by atoms with Gasteiger partial charge in [-0.2, -0.15) is 0 Å². The smallest absolute Gasteiger partial charge is 0.155 e. The number of hydrogen-bond acceptors (Lipinski definition) is 2. The highest BCUT2D eigenvalue weighted by molar-refractivity contribution is 5.91. The van der Waals surface area contributed by atoms with Crippen LogP contribution in [0.3, 0.4) is 0 Å². The third kappa shape index (κ3) is 2.03. The molecule has 4 aliphatic rings. The van der Waals surface area contributed by atoms with Crippen LogP contribution < -0.4 is 0 Å². The van der Waals surface area contributed by atoms with E-state index in [4.69, 9.17) is 0 Å². The summed E-state index contributed by atoms with van der Waals surface area (Å²) in [5.41, 5.74) is 1.66. The van der Waals surface area contributed by atoms with Crippen LogP contribution in [0.1, 0.15) is 79.6 Å². The average Bonchev–Trinajstić information content (AvgIpc) is 2.77. The van der Waals surface area contributed by atoms with Crippen LogP contribution in [0.25, 0.3) is 0 Å². The number of rotatable bonds is 1. The predicted molar refractivity (Wildman–Crippen MR) is 100 cm³/mol. The molecule has 2 heteroatoms. The van der Waals surface area contributed by atoms with Gasteiger partial charge in [0.25, 0.3) is 0 Å². The molecule has 0 aliphatic heterocycles. The van der Waals surface area contributed by atoms with Gasteiger partial charge in [-0.1, -0.05) is 33.3 Å². The molecule has 0 amide bonds. The quantitative estimate of drug-likeness (QED) is 0.643. The van der Waals surface area contributed by atoms with Gasteiger partial charge in [0.1, 0.15) is 5.78 Å². The Morgan fingerprint density at radius 2 is 1.80 bits per heavy atom. The summed E-state index contributed by atoms with van der Waals surface area (Å²) >= 11 is 0. The van der Waals surface area contributed by atoms with E-state index in [9.17, 15) is 9.59 Å². The zero-order chi connectivity index (χ0) is 18.2. The molecule has 0 spiro atoms. The highest BCUT2D eigenvalue weighted by Crippen LogP contribution is 2.71. The van der Waals surface area contributed by atoms with Crippen molar-refractivity contribution in [3.63, 3.8) is 0 Å². The molecule has 3 fully saturated rings. The summed E-state index contributed by atoms with van der Waals surface area (Å²) in [7, 11) is 0. The molecule has 0 N–H and O–H groups in total. The van der Waals surface area contributed by atoms with Crippen molar-refractivity contribution >= 4 is 11.6 Å². The first-order chi connectivity index (χ1) is 11.6. The second-order valence-electron chi connectivity index (χ2n) is 10.3. The van der Waals surface area contributed by atoms with Gasteiger partial charge in [-0.25, -0.2) is 0 Å². The average molecular weight is 343 g/mol. The molecule has 25 heavy (non-hydrogen) atoms. The van der Waals surface area contributed by atoms with Crippen molar-refractivity contribution in [3.05, 3.63) is 11.6 Å². The topological polar surface area (TPSA) is 34.1 Å². The summed E-state index contributed by atoms with van der Waals surface area (Å²) in [4.78, 5) is 24.6. The fraction of sp³-hybridized carbons (Fsp3) is 0.826. The fourth-order valence-electron chi connectivity index (χ4n) is 7.89.